The summed E-state index contributed by atoms with van der Waals surface area (Å²) >= 11 is 0. The Morgan fingerprint density at radius 3 is 2.48 bits per heavy atom. The number of nitrogens with one attached hydrogen (secondary N) is 2. The maximum absolute atomic E-state index is 11.9. The van der Waals surface area contributed by atoms with Gasteiger partial charge in [0.2, 0.25) is 18.6 Å². The SMILES string of the molecule is O=C(CC(=O)NCc1ccc2c(c1)OCO2)NCCc1ccccc1. The molecular formula is C19H20N2O4. The fraction of sp³-hybridized carbons (Fsp3) is 0.263. The lowest BCUT2D eigenvalue weighted by Gasteiger charge is -2.07. The fourth-order valence-corrected chi connectivity index (χ4v) is 2.51. The quantitative estimate of drug-likeness (QED) is 0.753. The van der Waals surface area contributed by atoms with Crippen molar-refractivity contribution in [2.75, 3.05) is 13.3 Å². The molecule has 2 amide bonds. The Morgan fingerprint density at radius 1 is 0.880 bits per heavy atom. The fourth-order valence-electron chi connectivity index (χ4n) is 2.51. The van der Waals surface area contributed by atoms with Crippen LogP contribution in [0.25, 0.3) is 0 Å². The van der Waals surface area contributed by atoms with Crippen molar-refractivity contribution in [1.29, 1.82) is 0 Å². The number of fused-ring (bicyclic) bond motifs is 1. The monoisotopic (exact) mass is 340 g/mol. The van der Waals surface area contributed by atoms with Gasteiger partial charge in [-0.3, -0.25) is 9.59 Å². The number of ether oxygens (including phenoxy) is 2. The zero-order chi connectivity index (χ0) is 17.5. The third kappa shape index (κ3) is 4.97. The summed E-state index contributed by atoms with van der Waals surface area (Å²) in [5.74, 6) is 0.785. The summed E-state index contributed by atoms with van der Waals surface area (Å²) in [7, 11) is 0. The Kier molecular flexibility index (Phi) is 5.51. The Bertz CT molecular complexity index is 746. The van der Waals surface area contributed by atoms with Crippen molar-refractivity contribution in [2.45, 2.75) is 19.4 Å². The molecule has 130 valence electrons. The molecule has 1 aliphatic rings. The van der Waals surface area contributed by atoms with Crippen molar-refractivity contribution >= 4 is 11.8 Å². The van der Waals surface area contributed by atoms with Crippen LogP contribution in [-0.2, 0) is 22.6 Å². The van der Waals surface area contributed by atoms with E-state index in [1.54, 1.807) is 6.07 Å². The normalized spacial score (nSPS) is 11.8. The highest BCUT2D eigenvalue weighted by atomic mass is 16.7. The first-order chi connectivity index (χ1) is 12.2. The van der Waals surface area contributed by atoms with E-state index in [-0.39, 0.29) is 25.0 Å². The highest BCUT2D eigenvalue weighted by molar-refractivity contribution is 5.96. The van der Waals surface area contributed by atoms with Gasteiger partial charge in [-0.05, 0) is 29.7 Å². The van der Waals surface area contributed by atoms with E-state index in [9.17, 15) is 9.59 Å². The Labute approximate surface area is 146 Å². The summed E-state index contributed by atoms with van der Waals surface area (Å²) in [4.78, 5) is 23.7. The van der Waals surface area contributed by atoms with E-state index in [1.807, 2.05) is 42.5 Å². The molecule has 0 atom stereocenters. The van der Waals surface area contributed by atoms with E-state index < -0.39 is 0 Å². The predicted octanol–water partition coefficient (Wildman–Crippen LogP) is 1.78. The molecule has 6 heteroatoms. The lowest BCUT2D eigenvalue weighted by Crippen LogP contribution is -2.32. The first-order valence-corrected chi connectivity index (χ1v) is 8.16. The molecule has 0 fully saturated rings. The average molecular weight is 340 g/mol. The molecule has 6 nitrogen and oxygen atoms in total. The number of benzene rings is 2. The van der Waals surface area contributed by atoms with Crippen molar-refractivity contribution in [2.24, 2.45) is 0 Å². The number of amides is 2. The van der Waals surface area contributed by atoms with Gasteiger partial charge in [0.25, 0.3) is 0 Å². The molecule has 0 radical (unpaired) electrons. The van der Waals surface area contributed by atoms with Gasteiger partial charge >= 0.3 is 0 Å². The van der Waals surface area contributed by atoms with Gasteiger partial charge in [-0.15, -0.1) is 0 Å². The zero-order valence-electron chi connectivity index (χ0n) is 13.8. The van der Waals surface area contributed by atoms with Crippen LogP contribution in [0.3, 0.4) is 0 Å². The molecule has 0 saturated heterocycles. The molecule has 2 aromatic carbocycles. The van der Waals surface area contributed by atoms with Crippen LogP contribution >= 0.6 is 0 Å². The van der Waals surface area contributed by atoms with Crippen LogP contribution in [-0.4, -0.2) is 25.2 Å². The summed E-state index contributed by atoms with van der Waals surface area (Å²) in [6, 6.07) is 15.4. The lowest BCUT2D eigenvalue weighted by atomic mass is 10.1. The topological polar surface area (TPSA) is 76.7 Å². The predicted molar refractivity (Wildman–Crippen MR) is 92.2 cm³/mol. The van der Waals surface area contributed by atoms with Gasteiger partial charge < -0.3 is 20.1 Å². The molecule has 2 aromatic rings. The number of carbonyl (C=O) groups is 2. The molecule has 0 spiro atoms. The molecule has 3 rings (SSSR count). The van der Waals surface area contributed by atoms with Crippen LogP contribution in [0.5, 0.6) is 11.5 Å². The van der Waals surface area contributed by atoms with Gasteiger partial charge in [0.15, 0.2) is 11.5 Å². The highest BCUT2D eigenvalue weighted by Gasteiger charge is 2.14. The van der Waals surface area contributed by atoms with E-state index in [1.165, 1.54) is 0 Å². The molecule has 0 unspecified atom stereocenters. The summed E-state index contributed by atoms with van der Waals surface area (Å²) in [6.45, 7) is 1.07. The first kappa shape index (κ1) is 16.8. The smallest absolute Gasteiger partial charge is 0.231 e. The van der Waals surface area contributed by atoms with Gasteiger partial charge in [0.05, 0.1) is 0 Å². The molecule has 1 heterocycles. The van der Waals surface area contributed by atoms with Crippen molar-refractivity contribution in [3.05, 3.63) is 59.7 Å². The minimum Gasteiger partial charge on any atom is -0.454 e. The lowest BCUT2D eigenvalue weighted by molar-refractivity contribution is -0.129. The molecule has 0 saturated carbocycles. The second kappa shape index (κ2) is 8.19. The molecular weight excluding hydrogens is 320 g/mol. The maximum atomic E-state index is 11.9. The van der Waals surface area contributed by atoms with E-state index in [0.717, 1.165) is 17.5 Å². The molecule has 1 aliphatic heterocycles. The highest BCUT2D eigenvalue weighted by Crippen LogP contribution is 2.32. The summed E-state index contributed by atoms with van der Waals surface area (Å²) in [5, 5.41) is 5.49. The van der Waals surface area contributed by atoms with Crippen LogP contribution in [0.2, 0.25) is 0 Å². The largest absolute Gasteiger partial charge is 0.454 e. The number of rotatable bonds is 7. The average Bonchev–Trinajstić information content (AvgIpc) is 3.08. The minimum atomic E-state index is -0.310. The van der Waals surface area contributed by atoms with Crippen molar-refractivity contribution in [1.82, 2.24) is 10.6 Å². The van der Waals surface area contributed by atoms with Crippen LogP contribution in [0.1, 0.15) is 17.5 Å². The first-order valence-electron chi connectivity index (χ1n) is 8.16. The Morgan fingerprint density at radius 2 is 1.64 bits per heavy atom. The second-order valence-electron chi connectivity index (χ2n) is 5.73. The summed E-state index contributed by atoms with van der Waals surface area (Å²) in [6.07, 6.45) is 0.560. The van der Waals surface area contributed by atoms with Gasteiger partial charge in [-0.25, -0.2) is 0 Å². The van der Waals surface area contributed by atoms with Crippen LogP contribution in [0.4, 0.5) is 0 Å². The van der Waals surface area contributed by atoms with E-state index >= 15 is 0 Å². The number of hydrogen-bond donors (Lipinski definition) is 2. The van der Waals surface area contributed by atoms with E-state index in [4.69, 9.17) is 9.47 Å². The Hall–Kier alpha value is -3.02. The summed E-state index contributed by atoms with van der Waals surface area (Å²) < 4.78 is 10.5. The number of hydrogen-bond acceptors (Lipinski definition) is 4. The standard InChI is InChI=1S/C19H20N2O4/c22-18(20-9-8-14-4-2-1-3-5-14)11-19(23)21-12-15-6-7-16-17(10-15)25-13-24-16/h1-7,10H,8-9,11-13H2,(H,20,22)(H,21,23). The van der Waals surface area contributed by atoms with Crippen molar-refractivity contribution in [3.63, 3.8) is 0 Å². The van der Waals surface area contributed by atoms with Crippen molar-refractivity contribution < 1.29 is 19.1 Å². The van der Waals surface area contributed by atoms with E-state index in [0.29, 0.717) is 24.6 Å². The minimum absolute atomic E-state index is 0.181. The van der Waals surface area contributed by atoms with Gasteiger partial charge in [0, 0.05) is 13.1 Å². The van der Waals surface area contributed by atoms with Gasteiger partial charge in [-0.2, -0.15) is 0 Å². The maximum Gasteiger partial charge on any atom is 0.231 e. The number of carbonyl (C=O) groups excluding carboxylic acids is 2. The van der Waals surface area contributed by atoms with Crippen LogP contribution in [0, 0.1) is 0 Å². The second-order valence-corrected chi connectivity index (χ2v) is 5.73. The van der Waals surface area contributed by atoms with Gasteiger partial charge in [-0.1, -0.05) is 36.4 Å². The molecule has 0 bridgehead atoms. The third-order valence-electron chi connectivity index (χ3n) is 3.83. The third-order valence-corrected chi connectivity index (χ3v) is 3.83. The van der Waals surface area contributed by atoms with Crippen molar-refractivity contribution in [3.8, 4) is 11.5 Å². The Balaban J connectivity index is 1.36. The molecule has 0 aromatic heterocycles. The van der Waals surface area contributed by atoms with Gasteiger partial charge in [0.1, 0.15) is 6.42 Å². The molecule has 2 N–H and O–H groups in total. The molecule has 0 aliphatic carbocycles. The van der Waals surface area contributed by atoms with E-state index in [2.05, 4.69) is 10.6 Å². The zero-order valence-corrected chi connectivity index (χ0v) is 13.8. The van der Waals surface area contributed by atoms with Crippen LogP contribution in [0.15, 0.2) is 48.5 Å². The van der Waals surface area contributed by atoms with Crippen LogP contribution < -0.4 is 20.1 Å². The summed E-state index contributed by atoms with van der Waals surface area (Å²) in [5.41, 5.74) is 2.04. The molecule has 25 heavy (non-hydrogen) atoms.